The van der Waals surface area contributed by atoms with Gasteiger partial charge in [-0.05, 0) is 71.1 Å². The zero-order valence-electron chi connectivity index (χ0n) is 15.4. The second-order valence-corrected chi connectivity index (χ2v) is 7.33. The molecule has 0 amide bonds. The van der Waals surface area contributed by atoms with Crippen molar-refractivity contribution in [1.82, 2.24) is 5.32 Å². The lowest BCUT2D eigenvalue weighted by atomic mass is 10.0. The number of methoxy groups -OCH3 is 1. The molecule has 0 saturated heterocycles. The highest BCUT2D eigenvalue weighted by atomic mass is 79.9. The summed E-state index contributed by atoms with van der Waals surface area (Å²) in [5.74, 6) is 0.804. The molecule has 0 spiro atoms. The minimum absolute atomic E-state index is 0.117. The average Bonchev–Trinajstić information content (AvgIpc) is 2.62. The largest absolute Gasteiger partial charge is 0.496 e. The van der Waals surface area contributed by atoms with Crippen molar-refractivity contribution >= 4 is 26.9 Å². The first-order chi connectivity index (χ1) is 12.4. The van der Waals surface area contributed by atoms with Crippen LogP contribution in [0.1, 0.15) is 35.2 Å². The van der Waals surface area contributed by atoms with Gasteiger partial charge in [-0.2, -0.15) is 0 Å². The second kappa shape index (κ2) is 7.64. The monoisotopic (exact) mass is 415 g/mol. The standard InChI is InChI=1S/C21H22BrNO3/c1-12-5-7-17-16(10-20(24)26-21(17)13(12)2)11-23-14(3)15-6-8-19(25-4)18(22)9-15/h5-10,14,23H,11H2,1-4H3/t14-/m1/s1. The van der Waals surface area contributed by atoms with E-state index in [9.17, 15) is 4.79 Å². The molecule has 26 heavy (non-hydrogen) atoms. The lowest BCUT2D eigenvalue weighted by molar-refractivity contribution is 0.411. The Bertz CT molecular complexity index is 1010. The van der Waals surface area contributed by atoms with Crippen LogP contribution in [0.4, 0.5) is 0 Å². The van der Waals surface area contributed by atoms with Crippen LogP contribution < -0.4 is 15.7 Å². The van der Waals surface area contributed by atoms with E-state index in [1.54, 1.807) is 13.2 Å². The highest BCUT2D eigenvalue weighted by Gasteiger charge is 2.12. The van der Waals surface area contributed by atoms with Crippen LogP contribution in [0.5, 0.6) is 5.75 Å². The molecule has 0 aliphatic heterocycles. The molecular weight excluding hydrogens is 394 g/mol. The summed E-state index contributed by atoms with van der Waals surface area (Å²) >= 11 is 3.52. The molecule has 0 fully saturated rings. The van der Waals surface area contributed by atoms with Gasteiger partial charge in [0.25, 0.3) is 0 Å². The van der Waals surface area contributed by atoms with E-state index < -0.39 is 0 Å². The molecule has 1 atom stereocenters. The summed E-state index contributed by atoms with van der Waals surface area (Å²) in [6, 6.07) is 11.8. The van der Waals surface area contributed by atoms with E-state index in [0.29, 0.717) is 12.1 Å². The summed E-state index contributed by atoms with van der Waals surface area (Å²) in [7, 11) is 1.65. The predicted octanol–water partition coefficient (Wildman–Crippen LogP) is 5.03. The number of hydrogen-bond acceptors (Lipinski definition) is 4. The van der Waals surface area contributed by atoms with E-state index >= 15 is 0 Å². The van der Waals surface area contributed by atoms with E-state index in [4.69, 9.17) is 9.15 Å². The zero-order chi connectivity index (χ0) is 18.8. The molecule has 1 heterocycles. The van der Waals surface area contributed by atoms with Crippen LogP contribution in [-0.2, 0) is 6.54 Å². The van der Waals surface area contributed by atoms with E-state index in [-0.39, 0.29) is 11.7 Å². The van der Waals surface area contributed by atoms with Gasteiger partial charge in [-0.1, -0.05) is 18.2 Å². The molecule has 3 aromatic rings. The van der Waals surface area contributed by atoms with Crippen LogP contribution in [-0.4, -0.2) is 7.11 Å². The smallest absolute Gasteiger partial charge is 0.336 e. The normalized spacial score (nSPS) is 12.3. The molecule has 2 aromatic carbocycles. The van der Waals surface area contributed by atoms with Crippen LogP contribution in [0.15, 0.2) is 50.1 Å². The molecule has 3 rings (SSSR count). The average molecular weight is 416 g/mol. The number of benzene rings is 2. The molecular formula is C21H22BrNO3. The molecule has 0 radical (unpaired) electrons. The van der Waals surface area contributed by atoms with Crippen molar-refractivity contribution < 1.29 is 9.15 Å². The fourth-order valence-electron chi connectivity index (χ4n) is 3.00. The molecule has 1 N–H and O–H groups in total. The van der Waals surface area contributed by atoms with Crippen molar-refractivity contribution in [2.24, 2.45) is 0 Å². The maximum Gasteiger partial charge on any atom is 0.336 e. The van der Waals surface area contributed by atoms with Gasteiger partial charge in [-0.25, -0.2) is 4.79 Å². The molecule has 0 bridgehead atoms. The van der Waals surface area contributed by atoms with Crippen molar-refractivity contribution in [2.75, 3.05) is 7.11 Å². The number of aryl methyl sites for hydroxylation is 2. The lowest BCUT2D eigenvalue weighted by Crippen LogP contribution is -2.19. The molecule has 136 valence electrons. The first kappa shape index (κ1) is 18.7. The predicted molar refractivity (Wildman–Crippen MR) is 108 cm³/mol. The maximum atomic E-state index is 12.0. The highest BCUT2D eigenvalue weighted by molar-refractivity contribution is 9.10. The number of fused-ring (bicyclic) bond motifs is 1. The summed E-state index contributed by atoms with van der Waals surface area (Å²) < 4.78 is 11.6. The summed E-state index contributed by atoms with van der Waals surface area (Å²) in [6.07, 6.45) is 0. The Morgan fingerprint density at radius 2 is 1.96 bits per heavy atom. The number of halogens is 1. The minimum Gasteiger partial charge on any atom is -0.496 e. The molecule has 0 saturated carbocycles. The third kappa shape index (κ3) is 3.69. The zero-order valence-corrected chi connectivity index (χ0v) is 16.9. The summed E-state index contributed by atoms with van der Waals surface area (Å²) in [4.78, 5) is 12.0. The first-order valence-electron chi connectivity index (χ1n) is 8.50. The van der Waals surface area contributed by atoms with Gasteiger partial charge < -0.3 is 14.5 Å². The number of rotatable bonds is 5. The Morgan fingerprint density at radius 1 is 1.19 bits per heavy atom. The van der Waals surface area contributed by atoms with Crippen molar-refractivity contribution in [1.29, 1.82) is 0 Å². The second-order valence-electron chi connectivity index (χ2n) is 6.47. The van der Waals surface area contributed by atoms with Gasteiger partial charge in [0.1, 0.15) is 11.3 Å². The van der Waals surface area contributed by atoms with Crippen LogP contribution in [0.25, 0.3) is 11.0 Å². The lowest BCUT2D eigenvalue weighted by Gasteiger charge is -2.16. The molecule has 1 aromatic heterocycles. The van der Waals surface area contributed by atoms with Crippen molar-refractivity contribution in [3.63, 3.8) is 0 Å². The molecule has 5 heteroatoms. The van der Waals surface area contributed by atoms with E-state index in [2.05, 4.69) is 34.2 Å². The van der Waals surface area contributed by atoms with Crippen LogP contribution >= 0.6 is 15.9 Å². The Hall–Kier alpha value is -2.11. The first-order valence-corrected chi connectivity index (χ1v) is 9.29. The fourth-order valence-corrected chi connectivity index (χ4v) is 3.56. The van der Waals surface area contributed by atoms with Gasteiger partial charge >= 0.3 is 5.63 Å². The van der Waals surface area contributed by atoms with Crippen LogP contribution in [0.2, 0.25) is 0 Å². The van der Waals surface area contributed by atoms with Crippen molar-refractivity contribution in [2.45, 2.75) is 33.4 Å². The molecule has 4 nitrogen and oxygen atoms in total. The number of hydrogen-bond donors (Lipinski definition) is 1. The van der Waals surface area contributed by atoms with Crippen LogP contribution in [0, 0.1) is 13.8 Å². The van der Waals surface area contributed by atoms with E-state index in [1.807, 2.05) is 38.1 Å². The summed E-state index contributed by atoms with van der Waals surface area (Å²) in [6.45, 7) is 6.67. The Kier molecular flexibility index (Phi) is 5.49. The van der Waals surface area contributed by atoms with Gasteiger partial charge in [0.15, 0.2) is 0 Å². The van der Waals surface area contributed by atoms with E-state index in [0.717, 1.165) is 37.9 Å². The maximum absolute atomic E-state index is 12.0. The Labute approximate surface area is 161 Å². The van der Waals surface area contributed by atoms with Gasteiger partial charge in [-0.15, -0.1) is 0 Å². The Balaban J connectivity index is 1.86. The molecule has 0 unspecified atom stereocenters. The third-order valence-electron chi connectivity index (χ3n) is 4.79. The molecule has 0 aliphatic carbocycles. The Morgan fingerprint density at radius 3 is 2.65 bits per heavy atom. The van der Waals surface area contributed by atoms with Crippen molar-refractivity contribution in [3.05, 3.63) is 73.5 Å². The van der Waals surface area contributed by atoms with Crippen molar-refractivity contribution in [3.8, 4) is 5.75 Å². The van der Waals surface area contributed by atoms with E-state index in [1.165, 1.54) is 0 Å². The summed E-state index contributed by atoms with van der Waals surface area (Å²) in [5.41, 5.74) is 4.56. The minimum atomic E-state index is -0.317. The van der Waals surface area contributed by atoms with Gasteiger partial charge in [-0.3, -0.25) is 0 Å². The topological polar surface area (TPSA) is 51.5 Å². The highest BCUT2D eigenvalue weighted by Crippen LogP contribution is 2.28. The van der Waals surface area contributed by atoms with Gasteiger partial charge in [0.05, 0.1) is 11.6 Å². The quantitative estimate of drug-likeness (QED) is 0.593. The number of ether oxygens (including phenoxy) is 1. The van der Waals surface area contributed by atoms with Crippen LogP contribution in [0.3, 0.4) is 0 Å². The van der Waals surface area contributed by atoms with Gasteiger partial charge in [0.2, 0.25) is 0 Å². The fraction of sp³-hybridized carbons (Fsp3) is 0.286. The summed E-state index contributed by atoms with van der Waals surface area (Å²) in [5, 5.41) is 4.47. The SMILES string of the molecule is COc1ccc([C@@H](C)NCc2cc(=O)oc3c(C)c(C)ccc23)cc1Br. The van der Waals surface area contributed by atoms with Gasteiger partial charge in [0, 0.05) is 24.0 Å². The molecule has 0 aliphatic rings. The third-order valence-corrected chi connectivity index (χ3v) is 5.41. The number of nitrogens with one attached hydrogen (secondary N) is 1.